The summed E-state index contributed by atoms with van der Waals surface area (Å²) in [6.45, 7) is 5.28. The first-order valence-corrected chi connectivity index (χ1v) is 10.2. The number of aliphatic hydroxyl groups excluding tert-OH is 4. The van der Waals surface area contributed by atoms with Gasteiger partial charge >= 0.3 is 5.97 Å². The Morgan fingerprint density at radius 3 is 2.59 bits per heavy atom. The second-order valence-corrected chi connectivity index (χ2v) is 8.41. The largest absolute Gasteiger partial charge is 0.458 e. The standard InChI is InChI=1S/C21H32O8/c1-10-5-4-6-11(2)14(8-13-12(3)20(26)27-15(13)7-10)28-21-19(25)18(24)17(23)16(9-22)29-21/h6-7,12-19,21-25H,4-5,8-9H2,1-3H3/b10-7+,11-6+/t12-,13+,14-,15-,16-,17-,18+,19-,21-/m1/s1. The van der Waals surface area contributed by atoms with Gasteiger partial charge in [-0.1, -0.05) is 18.6 Å². The molecule has 0 aromatic carbocycles. The quantitative estimate of drug-likeness (QED) is 0.388. The molecule has 8 heteroatoms. The van der Waals surface area contributed by atoms with Gasteiger partial charge in [0.25, 0.3) is 0 Å². The molecular formula is C21H32O8. The molecule has 8 nitrogen and oxygen atoms in total. The van der Waals surface area contributed by atoms with Gasteiger partial charge in [0.1, 0.15) is 30.5 Å². The van der Waals surface area contributed by atoms with Crippen molar-refractivity contribution in [1.82, 2.24) is 0 Å². The highest BCUT2D eigenvalue weighted by Gasteiger charge is 2.47. The van der Waals surface area contributed by atoms with Crippen LogP contribution in [0.25, 0.3) is 0 Å². The van der Waals surface area contributed by atoms with Gasteiger partial charge in [0, 0.05) is 5.92 Å². The molecule has 1 aliphatic carbocycles. The number of fused-ring (bicyclic) bond motifs is 1. The molecule has 0 radical (unpaired) electrons. The van der Waals surface area contributed by atoms with Crippen molar-refractivity contribution in [2.75, 3.05) is 6.61 Å². The first-order valence-electron chi connectivity index (χ1n) is 10.2. The Morgan fingerprint density at radius 2 is 1.90 bits per heavy atom. The number of allylic oxidation sites excluding steroid dienone is 2. The second-order valence-electron chi connectivity index (χ2n) is 8.41. The first kappa shape index (κ1) is 22.4. The van der Waals surface area contributed by atoms with E-state index in [1.54, 1.807) is 0 Å². The maximum Gasteiger partial charge on any atom is 0.309 e. The Balaban J connectivity index is 1.82. The molecule has 0 spiro atoms. The van der Waals surface area contributed by atoms with Gasteiger partial charge in [-0.2, -0.15) is 0 Å². The molecule has 0 aromatic rings. The van der Waals surface area contributed by atoms with Gasteiger partial charge in [-0.15, -0.1) is 0 Å². The van der Waals surface area contributed by atoms with Gasteiger partial charge in [-0.25, -0.2) is 0 Å². The van der Waals surface area contributed by atoms with Crippen molar-refractivity contribution in [3.8, 4) is 0 Å². The predicted molar refractivity (Wildman–Crippen MR) is 103 cm³/mol. The number of rotatable bonds is 3. The molecule has 0 aromatic heterocycles. The molecule has 2 heterocycles. The Morgan fingerprint density at radius 1 is 1.17 bits per heavy atom. The van der Waals surface area contributed by atoms with E-state index in [4.69, 9.17) is 14.2 Å². The van der Waals surface area contributed by atoms with E-state index < -0.39 is 43.4 Å². The number of aliphatic hydroxyl groups is 4. The minimum atomic E-state index is -1.50. The molecule has 3 rings (SSSR count). The Labute approximate surface area is 170 Å². The Kier molecular flexibility index (Phi) is 7.14. The molecule has 2 fully saturated rings. The van der Waals surface area contributed by atoms with Crippen LogP contribution in [-0.2, 0) is 19.0 Å². The fraction of sp³-hybridized carbons (Fsp3) is 0.762. The van der Waals surface area contributed by atoms with Gasteiger partial charge in [0.15, 0.2) is 6.29 Å². The maximum absolute atomic E-state index is 12.2. The summed E-state index contributed by atoms with van der Waals surface area (Å²) in [5, 5.41) is 39.7. The zero-order valence-electron chi connectivity index (χ0n) is 17.1. The number of hydrogen-bond acceptors (Lipinski definition) is 8. The van der Waals surface area contributed by atoms with Crippen molar-refractivity contribution in [2.24, 2.45) is 11.8 Å². The van der Waals surface area contributed by atoms with Crippen LogP contribution >= 0.6 is 0 Å². The highest BCUT2D eigenvalue weighted by atomic mass is 16.7. The average molecular weight is 412 g/mol. The molecule has 0 unspecified atom stereocenters. The van der Waals surface area contributed by atoms with Crippen LogP contribution in [0.3, 0.4) is 0 Å². The summed E-state index contributed by atoms with van der Waals surface area (Å²) in [6.07, 6.45) is -1.29. The van der Waals surface area contributed by atoms with Gasteiger partial charge < -0.3 is 34.6 Å². The number of ether oxygens (including phenoxy) is 3. The minimum Gasteiger partial charge on any atom is -0.458 e. The molecule has 29 heavy (non-hydrogen) atoms. The molecule has 9 atom stereocenters. The summed E-state index contributed by atoms with van der Waals surface area (Å²) in [6, 6.07) is 0. The third-order valence-electron chi connectivity index (χ3n) is 6.28. The Bertz CT molecular complexity index is 657. The van der Waals surface area contributed by atoms with Gasteiger partial charge in [-0.3, -0.25) is 4.79 Å². The van der Waals surface area contributed by atoms with Crippen LogP contribution in [0.5, 0.6) is 0 Å². The molecule has 3 aliphatic rings. The molecule has 4 N–H and O–H groups in total. The lowest BCUT2D eigenvalue weighted by Gasteiger charge is -2.41. The molecule has 164 valence electrons. The summed E-state index contributed by atoms with van der Waals surface area (Å²) < 4.78 is 17.1. The number of esters is 1. The van der Waals surface area contributed by atoms with E-state index in [0.717, 1.165) is 18.4 Å². The number of hydrogen-bond donors (Lipinski definition) is 4. The lowest BCUT2D eigenvalue weighted by molar-refractivity contribution is -0.309. The number of carbonyl (C=O) groups excluding carboxylic acids is 1. The van der Waals surface area contributed by atoms with Gasteiger partial charge in [-0.05, 0) is 44.8 Å². The van der Waals surface area contributed by atoms with E-state index in [1.807, 2.05) is 26.8 Å². The third kappa shape index (κ3) is 4.73. The first-order chi connectivity index (χ1) is 13.7. The predicted octanol–water partition coefficient (Wildman–Crippen LogP) is 0.426. The molecule has 2 aliphatic heterocycles. The highest BCUT2D eigenvalue weighted by molar-refractivity contribution is 5.75. The Hall–Kier alpha value is -1.29. The van der Waals surface area contributed by atoms with Crippen molar-refractivity contribution >= 4 is 5.97 Å². The average Bonchev–Trinajstić information content (AvgIpc) is 2.94. The SMILES string of the molecule is C/C1=C\[C@H]2OC(=O)[C@H](C)[C@@H]2C[C@@H](O[C@@H]2O[C@H](CO)[C@@H](O)[C@H](O)[C@H]2O)/C(C)=C/CC1. The van der Waals surface area contributed by atoms with Crippen LogP contribution in [0.1, 0.15) is 40.0 Å². The summed E-state index contributed by atoms with van der Waals surface area (Å²) in [4.78, 5) is 12.2. The molecule has 0 bridgehead atoms. The van der Waals surface area contributed by atoms with Crippen molar-refractivity contribution in [3.63, 3.8) is 0 Å². The fourth-order valence-corrected chi connectivity index (χ4v) is 4.24. The smallest absolute Gasteiger partial charge is 0.309 e. The normalized spacial score (nSPS) is 47.4. The van der Waals surface area contributed by atoms with Crippen molar-refractivity contribution in [1.29, 1.82) is 0 Å². The topological polar surface area (TPSA) is 126 Å². The van der Waals surface area contributed by atoms with Crippen LogP contribution in [0.2, 0.25) is 0 Å². The van der Waals surface area contributed by atoms with E-state index in [-0.39, 0.29) is 23.9 Å². The zero-order valence-corrected chi connectivity index (χ0v) is 17.1. The van der Waals surface area contributed by atoms with E-state index in [9.17, 15) is 25.2 Å². The summed E-state index contributed by atoms with van der Waals surface area (Å²) in [5.74, 6) is -0.637. The van der Waals surface area contributed by atoms with E-state index in [0.29, 0.717) is 6.42 Å². The summed E-state index contributed by atoms with van der Waals surface area (Å²) in [5.41, 5.74) is 2.10. The third-order valence-corrected chi connectivity index (χ3v) is 6.28. The van der Waals surface area contributed by atoms with E-state index >= 15 is 0 Å². The lowest BCUT2D eigenvalue weighted by Crippen LogP contribution is -2.59. The summed E-state index contributed by atoms with van der Waals surface area (Å²) >= 11 is 0. The van der Waals surface area contributed by atoms with E-state index in [2.05, 4.69) is 6.08 Å². The van der Waals surface area contributed by atoms with Gasteiger partial charge in [0.2, 0.25) is 0 Å². The molecule has 0 saturated carbocycles. The molecular weight excluding hydrogens is 380 g/mol. The van der Waals surface area contributed by atoms with Crippen LogP contribution < -0.4 is 0 Å². The van der Waals surface area contributed by atoms with Crippen LogP contribution in [0.15, 0.2) is 23.3 Å². The van der Waals surface area contributed by atoms with Crippen molar-refractivity contribution in [2.45, 2.75) is 82.9 Å². The fourth-order valence-electron chi connectivity index (χ4n) is 4.24. The number of carbonyl (C=O) groups is 1. The van der Waals surface area contributed by atoms with Crippen molar-refractivity contribution < 1.29 is 39.4 Å². The monoisotopic (exact) mass is 412 g/mol. The minimum absolute atomic E-state index is 0.103. The molecule has 2 saturated heterocycles. The maximum atomic E-state index is 12.2. The van der Waals surface area contributed by atoms with E-state index in [1.165, 1.54) is 5.57 Å². The lowest BCUT2D eigenvalue weighted by atomic mass is 9.83. The van der Waals surface area contributed by atoms with Gasteiger partial charge in [0.05, 0.1) is 18.6 Å². The summed E-state index contributed by atoms with van der Waals surface area (Å²) in [7, 11) is 0. The van der Waals surface area contributed by atoms with Crippen LogP contribution in [-0.4, -0.2) is 75.9 Å². The zero-order chi connectivity index (χ0) is 21.3. The molecule has 0 amide bonds. The van der Waals surface area contributed by atoms with Crippen LogP contribution in [0.4, 0.5) is 0 Å². The second kappa shape index (κ2) is 9.24. The van der Waals surface area contributed by atoms with Crippen molar-refractivity contribution in [3.05, 3.63) is 23.3 Å². The van der Waals surface area contributed by atoms with Crippen LogP contribution in [0, 0.1) is 11.8 Å². The highest BCUT2D eigenvalue weighted by Crippen LogP contribution is 2.37.